The van der Waals surface area contributed by atoms with Gasteiger partial charge in [-0.25, -0.2) is 0 Å². The van der Waals surface area contributed by atoms with Gasteiger partial charge in [-0.3, -0.25) is 4.90 Å². The SMILES string of the molecule is C#CCSCCN1CC(C)(CC)NCC1c1ccccc1. The number of nitrogens with one attached hydrogen (secondary N) is 1. The number of terminal acetylenes is 1. The average molecular weight is 302 g/mol. The van der Waals surface area contributed by atoms with Gasteiger partial charge in [0.15, 0.2) is 0 Å². The molecule has 21 heavy (non-hydrogen) atoms. The lowest BCUT2D eigenvalue weighted by Gasteiger charge is -2.46. The van der Waals surface area contributed by atoms with Crippen LogP contribution < -0.4 is 5.32 Å². The molecular formula is C18H26N2S. The van der Waals surface area contributed by atoms with E-state index in [0.29, 0.717) is 6.04 Å². The van der Waals surface area contributed by atoms with Crippen LogP contribution in [0, 0.1) is 12.3 Å². The molecule has 114 valence electrons. The van der Waals surface area contributed by atoms with Crippen LogP contribution in [0.15, 0.2) is 30.3 Å². The van der Waals surface area contributed by atoms with E-state index in [9.17, 15) is 0 Å². The first-order chi connectivity index (χ1) is 10.2. The molecule has 1 saturated heterocycles. The van der Waals surface area contributed by atoms with Crippen LogP contribution in [0.4, 0.5) is 0 Å². The second-order valence-electron chi connectivity index (χ2n) is 5.95. The number of hydrogen-bond donors (Lipinski definition) is 1. The van der Waals surface area contributed by atoms with Crippen molar-refractivity contribution in [2.75, 3.05) is 31.1 Å². The number of rotatable bonds is 6. The molecule has 0 bridgehead atoms. The lowest BCUT2D eigenvalue weighted by Crippen LogP contribution is -2.59. The second kappa shape index (κ2) is 7.89. The van der Waals surface area contributed by atoms with Gasteiger partial charge in [-0.05, 0) is 18.9 Å². The predicted octanol–water partition coefficient (Wildman–Crippen LogP) is 3.17. The Morgan fingerprint density at radius 1 is 1.43 bits per heavy atom. The summed E-state index contributed by atoms with van der Waals surface area (Å²) in [5, 5.41) is 3.74. The quantitative estimate of drug-likeness (QED) is 0.642. The zero-order valence-electron chi connectivity index (χ0n) is 13.1. The van der Waals surface area contributed by atoms with E-state index in [1.165, 1.54) is 5.56 Å². The van der Waals surface area contributed by atoms with Gasteiger partial charge in [-0.1, -0.05) is 43.2 Å². The molecule has 0 aromatic heterocycles. The third-order valence-electron chi connectivity index (χ3n) is 4.39. The summed E-state index contributed by atoms with van der Waals surface area (Å²) < 4.78 is 0. The molecule has 2 atom stereocenters. The second-order valence-corrected chi connectivity index (χ2v) is 7.05. The molecule has 1 aromatic carbocycles. The largest absolute Gasteiger partial charge is 0.308 e. The van der Waals surface area contributed by atoms with E-state index in [-0.39, 0.29) is 5.54 Å². The van der Waals surface area contributed by atoms with Crippen LogP contribution in [0.3, 0.4) is 0 Å². The molecule has 1 heterocycles. The fraction of sp³-hybridized carbons (Fsp3) is 0.556. The van der Waals surface area contributed by atoms with E-state index in [2.05, 4.69) is 60.3 Å². The third kappa shape index (κ3) is 4.51. The molecule has 0 amide bonds. The molecule has 2 unspecified atom stereocenters. The number of thioether (sulfide) groups is 1. The van der Waals surface area contributed by atoms with Crippen LogP contribution in [0.25, 0.3) is 0 Å². The standard InChI is InChI=1S/C18H26N2S/c1-4-12-21-13-11-20-15-18(3,5-2)19-14-17(20)16-9-7-6-8-10-16/h1,6-10,17,19H,5,11-15H2,2-3H3. The molecule has 3 heteroatoms. The van der Waals surface area contributed by atoms with Crippen molar-refractivity contribution in [3.63, 3.8) is 0 Å². The predicted molar refractivity (Wildman–Crippen MR) is 93.6 cm³/mol. The summed E-state index contributed by atoms with van der Waals surface area (Å²) in [4.78, 5) is 2.62. The molecular weight excluding hydrogens is 276 g/mol. The van der Waals surface area contributed by atoms with Crippen LogP contribution in [0.1, 0.15) is 31.9 Å². The van der Waals surface area contributed by atoms with Crippen molar-refractivity contribution in [1.82, 2.24) is 10.2 Å². The smallest absolute Gasteiger partial charge is 0.0545 e. The molecule has 2 rings (SSSR count). The summed E-state index contributed by atoms with van der Waals surface area (Å²) in [6.45, 7) is 7.81. The highest BCUT2D eigenvalue weighted by Crippen LogP contribution is 2.28. The van der Waals surface area contributed by atoms with Gasteiger partial charge < -0.3 is 5.32 Å². The highest BCUT2D eigenvalue weighted by atomic mass is 32.2. The van der Waals surface area contributed by atoms with Gasteiger partial charge in [-0.2, -0.15) is 0 Å². The van der Waals surface area contributed by atoms with Gasteiger partial charge >= 0.3 is 0 Å². The molecule has 1 fully saturated rings. The normalized spacial score (nSPS) is 26.4. The highest BCUT2D eigenvalue weighted by molar-refractivity contribution is 7.99. The van der Waals surface area contributed by atoms with E-state index in [1.54, 1.807) is 0 Å². The van der Waals surface area contributed by atoms with E-state index < -0.39 is 0 Å². The minimum absolute atomic E-state index is 0.224. The Hall–Kier alpha value is -0.950. The topological polar surface area (TPSA) is 15.3 Å². The number of benzene rings is 1. The first kappa shape index (κ1) is 16.4. The van der Waals surface area contributed by atoms with Crippen molar-refractivity contribution in [1.29, 1.82) is 0 Å². The fourth-order valence-electron chi connectivity index (χ4n) is 2.87. The summed E-state index contributed by atoms with van der Waals surface area (Å²) in [6.07, 6.45) is 6.49. The zero-order chi connectivity index (χ0) is 15.1. The number of nitrogens with zero attached hydrogens (tertiary/aromatic N) is 1. The number of hydrogen-bond acceptors (Lipinski definition) is 3. The maximum atomic E-state index is 5.34. The Bertz CT molecular complexity index is 468. The molecule has 0 spiro atoms. The molecule has 1 aliphatic rings. The van der Waals surface area contributed by atoms with E-state index in [0.717, 1.165) is 37.6 Å². The molecule has 0 saturated carbocycles. The third-order valence-corrected chi connectivity index (χ3v) is 5.23. The lowest BCUT2D eigenvalue weighted by molar-refractivity contribution is 0.0905. The molecule has 1 aliphatic heterocycles. The van der Waals surface area contributed by atoms with Gasteiger partial charge in [0, 0.05) is 37.0 Å². The van der Waals surface area contributed by atoms with E-state index in [1.807, 2.05) is 11.8 Å². The van der Waals surface area contributed by atoms with Gasteiger partial charge in [0.2, 0.25) is 0 Å². The van der Waals surface area contributed by atoms with Gasteiger partial charge in [0.1, 0.15) is 0 Å². The Balaban J connectivity index is 2.05. The van der Waals surface area contributed by atoms with Crippen LogP contribution in [0.2, 0.25) is 0 Å². The maximum absolute atomic E-state index is 5.34. The molecule has 2 nitrogen and oxygen atoms in total. The van der Waals surface area contributed by atoms with Crippen molar-refractivity contribution >= 4 is 11.8 Å². The first-order valence-corrected chi connectivity index (χ1v) is 8.89. The summed E-state index contributed by atoms with van der Waals surface area (Å²) in [7, 11) is 0. The van der Waals surface area contributed by atoms with Crippen molar-refractivity contribution in [2.24, 2.45) is 0 Å². The monoisotopic (exact) mass is 302 g/mol. The van der Waals surface area contributed by atoms with Crippen LogP contribution in [-0.2, 0) is 0 Å². The minimum atomic E-state index is 0.224. The molecule has 0 radical (unpaired) electrons. The lowest BCUT2D eigenvalue weighted by atomic mass is 9.91. The Labute approximate surface area is 133 Å². The van der Waals surface area contributed by atoms with E-state index in [4.69, 9.17) is 6.42 Å². The van der Waals surface area contributed by atoms with Gasteiger partial charge in [-0.15, -0.1) is 18.2 Å². The van der Waals surface area contributed by atoms with Crippen molar-refractivity contribution in [3.05, 3.63) is 35.9 Å². The van der Waals surface area contributed by atoms with Gasteiger partial charge in [0.05, 0.1) is 5.75 Å². The summed E-state index contributed by atoms with van der Waals surface area (Å²) in [6, 6.07) is 11.3. The van der Waals surface area contributed by atoms with Crippen molar-refractivity contribution < 1.29 is 0 Å². The van der Waals surface area contributed by atoms with Crippen molar-refractivity contribution in [2.45, 2.75) is 31.8 Å². The fourth-order valence-corrected chi connectivity index (χ4v) is 3.50. The maximum Gasteiger partial charge on any atom is 0.0545 e. The van der Waals surface area contributed by atoms with E-state index >= 15 is 0 Å². The minimum Gasteiger partial charge on any atom is -0.308 e. The highest BCUT2D eigenvalue weighted by Gasteiger charge is 2.34. The summed E-state index contributed by atoms with van der Waals surface area (Å²) >= 11 is 1.85. The Morgan fingerprint density at radius 3 is 2.86 bits per heavy atom. The van der Waals surface area contributed by atoms with Crippen molar-refractivity contribution in [3.8, 4) is 12.3 Å². The Kier molecular flexibility index (Phi) is 6.17. The summed E-state index contributed by atoms with van der Waals surface area (Å²) in [5.74, 6) is 4.62. The molecule has 1 N–H and O–H groups in total. The zero-order valence-corrected chi connectivity index (χ0v) is 14.0. The van der Waals surface area contributed by atoms with Crippen LogP contribution in [-0.4, -0.2) is 41.6 Å². The first-order valence-electron chi connectivity index (χ1n) is 7.74. The van der Waals surface area contributed by atoms with Gasteiger partial charge in [0.25, 0.3) is 0 Å². The molecule has 0 aliphatic carbocycles. The number of piperazine rings is 1. The summed E-state index contributed by atoms with van der Waals surface area (Å²) in [5.41, 5.74) is 1.63. The van der Waals surface area contributed by atoms with Crippen LogP contribution >= 0.6 is 11.8 Å². The average Bonchev–Trinajstić information content (AvgIpc) is 2.53. The molecule has 1 aromatic rings. The Morgan fingerprint density at radius 2 is 2.19 bits per heavy atom. The van der Waals surface area contributed by atoms with Crippen LogP contribution in [0.5, 0.6) is 0 Å².